The lowest BCUT2D eigenvalue weighted by molar-refractivity contribution is 0.0594. The van der Waals surface area contributed by atoms with Crippen molar-refractivity contribution < 1.29 is 13.9 Å². The minimum absolute atomic E-state index is 0.114. The Bertz CT molecular complexity index is 1080. The highest BCUT2D eigenvalue weighted by molar-refractivity contribution is 5.75. The first kappa shape index (κ1) is 24.1. The van der Waals surface area contributed by atoms with E-state index >= 15 is 0 Å². The summed E-state index contributed by atoms with van der Waals surface area (Å²) in [6.07, 6.45) is 5.89. The number of unbranched alkanes of at least 4 members (excludes halogenated alkanes) is 3. The Morgan fingerprint density at radius 2 is 1.47 bits per heavy atom. The molecule has 1 unspecified atom stereocenters. The Hall–Kier alpha value is -2.99. The average Bonchev–Trinajstić information content (AvgIpc) is 3.31. The predicted molar refractivity (Wildman–Crippen MR) is 137 cm³/mol. The van der Waals surface area contributed by atoms with Gasteiger partial charge in [-0.05, 0) is 54.7 Å². The zero-order valence-electron chi connectivity index (χ0n) is 19.7. The first-order chi connectivity index (χ1) is 16.8. The van der Waals surface area contributed by atoms with Crippen LogP contribution in [0.1, 0.15) is 36.8 Å². The van der Waals surface area contributed by atoms with E-state index in [1.807, 2.05) is 48.5 Å². The average molecular weight is 459 g/mol. The maximum atomic E-state index is 6.13. The van der Waals surface area contributed by atoms with E-state index in [-0.39, 0.29) is 6.04 Å². The normalized spacial score (nSPS) is 12.3. The molecule has 0 aliphatic heterocycles. The summed E-state index contributed by atoms with van der Waals surface area (Å²) < 4.78 is 17.3. The maximum Gasteiger partial charge on any atom is 0.227 e. The molecule has 0 fully saturated rings. The largest absolute Gasteiger partial charge is 0.436 e. The molecule has 0 spiro atoms. The van der Waals surface area contributed by atoms with Gasteiger partial charge in [-0.2, -0.15) is 0 Å². The number of ether oxygens (including phenoxy) is 2. The van der Waals surface area contributed by atoms with Crippen LogP contribution in [0.5, 0.6) is 0 Å². The highest BCUT2D eigenvalue weighted by Crippen LogP contribution is 2.24. The van der Waals surface area contributed by atoms with Gasteiger partial charge in [0.1, 0.15) is 5.52 Å². The Labute approximate surface area is 201 Å². The van der Waals surface area contributed by atoms with Gasteiger partial charge in [0.15, 0.2) is 5.58 Å². The Kier molecular flexibility index (Phi) is 9.26. The molecule has 34 heavy (non-hydrogen) atoms. The Morgan fingerprint density at radius 3 is 2.29 bits per heavy atom. The molecule has 0 amide bonds. The molecule has 178 valence electrons. The van der Waals surface area contributed by atoms with Crippen LogP contribution in [0.3, 0.4) is 0 Å². The van der Waals surface area contributed by atoms with Crippen molar-refractivity contribution in [2.24, 2.45) is 5.73 Å². The third-order valence-corrected chi connectivity index (χ3v) is 5.77. The maximum absolute atomic E-state index is 6.13. The molecule has 0 aliphatic rings. The Balaban J connectivity index is 1.05. The van der Waals surface area contributed by atoms with Gasteiger partial charge >= 0.3 is 0 Å². The van der Waals surface area contributed by atoms with E-state index < -0.39 is 0 Å². The minimum Gasteiger partial charge on any atom is -0.436 e. The smallest absolute Gasteiger partial charge is 0.227 e. The summed E-state index contributed by atoms with van der Waals surface area (Å²) in [7, 11) is 0. The van der Waals surface area contributed by atoms with Crippen molar-refractivity contribution in [1.82, 2.24) is 4.98 Å². The molecule has 5 nitrogen and oxygen atoms in total. The van der Waals surface area contributed by atoms with Gasteiger partial charge in [-0.15, -0.1) is 0 Å². The third-order valence-electron chi connectivity index (χ3n) is 5.77. The monoisotopic (exact) mass is 458 g/mol. The highest BCUT2D eigenvalue weighted by atomic mass is 16.5. The zero-order valence-corrected chi connectivity index (χ0v) is 19.7. The summed E-state index contributed by atoms with van der Waals surface area (Å²) in [5.41, 5.74) is 11.2. The SMILES string of the molecule is NC(COCCCCCCc1ccccc1)COCc1ccc(-c2nc3ccccc3o2)cc1. The fourth-order valence-electron chi connectivity index (χ4n) is 3.88. The first-order valence-corrected chi connectivity index (χ1v) is 12.2. The Morgan fingerprint density at radius 1 is 0.735 bits per heavy atom. The lowest BCUT2D eigenvalue weighted by Crippen LogP contribution is -2.31. The van der Waals surface area contributed by atoms with Crippen molar-refractivity contribution >= 4 is 11.1 Å². The van der Waals surface area contributed by atoms with Gasteiger partial charge in [0.05, 0.1) is 25.9 Å². The van der Waals surface area contributed by atoms with Crippen LogP contribution in [-0.2, 0) is 22.5 Å². The van der Waals surface area contributed by atoms with Crippen LogP contribution < -0.4 is 5.73 Å². The highest BCUT2D eigenvalue weighted by Gasteiger charge is 2.08. The van der Waals surface area contributed by atoms with E-state index in [1.165, 1.54) is 24.8 Å². The summed E-state index contributed by atoms with van der Waals surface area (Å²) >= 11 is 0. The molecule has 4 rings (SSSR count). The van der Waals surface area contributed by atoms with Crippen molar-refractivity contribution in [1.29, 1.82) is 0 Å². The second-order valence-corrected chi connectivity index (χ2v) is 8.68. The fourth-order valence-corrected chi connectivity index (χ4v) is 3.88. The van der Waals surface area contributed by atoms with Gasteiger partial charge in [0.2, 0.25) is 5.89 Å². The van der Waals surface area contributed by atoms with Crippen LogP contribution in [0.4, 0.5) is 0 Å². The van der Waals surface area contributed by atoms with E-state index in [0.717, 1.165) is 41.7 Å². The lowest BCUT2D eigenvalue weighted by atomic mass is 10.1. The molecule has 1 atom stereocenters. The van der Waals surface area contributed by atoms with Crippen molar-refractivity contribution in [3.63, 3.8) is 0 Å². The molecule has 0 bridgehead atoms. The summed E-state index contributed by atoms with van der Waals surface area (Å²) in [5.74, 6) is 0.629. The third kappa shape index (κ3) is 7.52. The molecule has 5 heteroatoms. The second-order valence-electron chi connectivity index (χ2n) is 8.68. The number of hydrogen-bond donors (Lipinski definition) is 1. The summed E-state index contributed by atoms with van der Waals surface area (Å²) in [6, 6.07) is 26.4. The lowest BCUT2D eigenvalue weighted by Gasteiger charge is -2.13. The van der Waals surface area contributed by atoms with Crippen LogP contribution in [0.2, 0.25) is 0 Å². The molecule has 0 radical (unpaired) electrons. The molecule has 1 aromatic heterocycles. The van der Waals surface area contributed by atoms with Crippen LogP contribution in [0.25, 0.3) is 22.6 Å². The van der Waals surface area contributed by atoms with Crippen molar-refractivity contribution in [2.75, 3.05) is 19.8 Å². The number of aryl methyl sites for hydroxylation is 1. The predicted octanol–water partition coefficient (Wildman–Crippen LogP) is 6.16. The molecule has 0 saturated heterocycles. The number of benzene rings is 3. The fraction of sp³-hybridized carbons (Fsp3) is 0.345. The molecule has 2 N–H and O–H groups in total. The number of oxazole rings is 1. The summed E-state index contributed by atoms with van der Waals surface area (Å²) in [6.45, 7) is 2.28. The standard InChI is InChI=1S/C29H34N2O3/c30-26(21-32-19-9-2-1-4-10-23-11-5-3-6-12-23)22-33-20-24-15-17-25(18-16-24)29-31-27-13-7-8-14-28(27)34-29/h3,5-8,11-18,26H,1-2,4,9-10,19-22,30H2. The second kappa shape index (κ2) is 13.0. The first-order valence-electron chi connectivity index (χ1n) is 12.2. The van der Waals surface area contributed by atoms with Gasteiger partial charge in [0, 0.05) is 12.2 Å². The van der Waals surface area contributed by atoms with Gasteiger partial charge < -0.3 is 19.6 Å². The van der Waals surface area contributed by atoms with Gasteiger partial charge in [0.25, 0.3) is 0 Å². The summed E-state index contributed by atoms with van der Waals surface area (Å²) in [4.78, 5) is 4.54. The zero-order chi connectivity index (χ0) is 23.4. The number of rotatable bonds is 14. The molecule has 4 aromatic rings. The number of para-hydroxylation sites is 2. The minimum atomic E-state index is -0.114. The quantitative estimate of drug-likeness (QED) is 0.229. The van der Waals surface area contributed by atoms with Crippen molar-refractivity contribution in [3.8, 4) is 11.5 Å². The molecule has 3 aromatic carbocycles. The molecule has 1 heterocycles. The molecular weight excluding hydrogens is 424 g/mol. The van der Waals surface area contributed by atoms with Crippen LogP contribution in [-0.4, -0.2) is 30.8 Å². The topological polar surface area (TPSA) is 70.5 Å². The van der Waals surface area contributed by atoms with E-state index in [4.69, 9.17) is 19.6 Å². The molecule has 0 saturated carbocycles. The number of hydrogen-bond acceptors (Lipinski definition) is 5. The molecule has 0 aliphatic carbocycles. The number of aromatic nitrogens is 1. The van der Waals surface area contributed by atoms with Crippen LogP contribution >= 0.6 is 0 Å². The number of nitrogens with two attached hydrogens (primary N) is 1. The van der Waals surface area contributed by atoms with Gasteiger partial charge in [-0.3, -0.25) is 0 Å². The van der Waals surface area contributed by atoms with Gasteiger partial charge in [-0.25, -0.2) is 4.98 Å². The van der Waals surface area contributed by atoms with Crippen LogP contribution in [0, 0.1) is 0 Å². The molecular formula is C29H34N2O3. The van der Waals surface area contributed by atoms with Gasteiger partial charge in [-0.1, -0.05) is 67.4 Å². The van der Waals surface area contributed by atoms with E-state index in [2.05, 4.69) is 35.3 Å². The van der Waals surface area contributed by atoms with E-state index in [0.29, 0.717) is 25.7 Å². The van der Waals surface area contributed by atoms with Crippen molar-refractivity contribution in [3.05, 3.63) is 90.0 Å². The summed E-state index contributed by atoms with van der Waals surface area (Å²) in [5, 5.41) is 0. The van der Waals surface area contributed by atoms with Crippen LogP contribution in [0.15, 0.2) is 83.3 Å². The van der Waals surface area contributed by atoms with Crippen molar-refractivity contribution in [2.45, 2.75) is 44.8 Å². The van der Waals surface area contributed by atoms with E-state index in [1.54, 1.807) is 0 Å². The van der Waals surface area contributed by atoms with E-state index in [9.17, 15) is 0 Å². The number of nitrogens with zero attached hydrogens (tertiary/aromatic N) is 1. The number of fused-ring (bicyclic) bond motifs is 1.